The van der Waals surface area contributed by atoms with Crippen LogP contribution in [0, 0.1) is 0 Å². The molecular formula is C21H18F3NO2S. The third kappa shape index (κ3) is 4.25. The largest absolute Gasteiger partial charge is 0.462 e. The Hall–Kier alpha value is -2.67. The zero-order chi connectivity index (χ0) is 20.3. The summed E-state index contributed by atoms with van der Waals surface area (Å²) in [5.74, 6) is -0.449. The van der Waals surface area contributed by atoms with Crippen LogP contribution in [-0.2, 0) is 17.3 Å². The summed E-state index contributed by atoms with van der Waals surface area (Å²) < 4.78 is 42.6. The summed E-state index contributed by atoms with van der Waals surface area (Å²) in [6.45, 7) is 3.82. The van der Waals surface area contributed by atoms with Crippen LogP contribution < -0.4 is 0 Å². The van der Waals surface area contributed by atoms with E-state index in [-0.39, 0.29) is 6.61 Å². The topological polar surface area (TPSA) is 39.2 Å². The third-order valence-corrected chi connectivity index (χ3v) is 5.30. The first kappa shape index (κ1) is 20.1. The van der Waals surface area contributed by atoms with Gasteiger partial charge in [-0.1, -0.05) is 43.3 Å². The summed E-state index contributed by atoms with van der Waals surface area (Å²) >= 11 is 1.13. The van der Waals surface area contributed by atoms with Gasteiger partial charge in [-0.05, 0) is 36.6 Å². The average Bonchev–Trinajstić information content (AvgIpc) is 3.09. The number of benzene rings is 2. The van der Waals surface area contributed by atoms with Crippen LogP contribution in [-0.4, -0.2) is 17.6 Å². The number of alkyl halides is 3. The number of hydrogen-bond donors (Lipinski definition) is 0. The lowest BCUT2D eigenvalue weighted by molar-refractivity contribution is -0.137. The molecule has 0 atom stereocenters. The van der Waals surface area contributed by atoms with E-state index in [1.165, 1.54) is 23.3 Å². The standard InChI is InChI=1S/C15H14F3NO2S.C6H4/c1-3-11-12(14(20)21-4-2)22-13(19-11)9-5-7-10(8-6-9)15(16,17)18;1-2-6-4-3-5(1)6/h5-8H,3-4H2,1-2H3;1-4H. The normalized spacial score (nSPS) is 11.5. The molecule has 2 aromatic rings. The second-order valence-electron chi connectivity index (χ2n) is 6.02. The van der Waals surface area contributed by atoms with Crippen molar-refractivity contribution >= 4 is 17.3 Å². The highest BCUT2D eigenvalue weighted by molar-refractivity contribution is 7.17. The minimum absolute atomic E-state index is 0.259. The zero-order valence-electron chi connectivity index (χ0n) is 15.3. The van der Waals surface area contributed by atoms with E-state index < -0.39 is 17.7 Å². The first-order valence-corrected chi connectivity index (χ1v) is 9.60. The van der Waals surface area contributed by atoms with Gasteiger partial charge in [-0.15, -0.1) is 11.3 Å². The van der Waals surface area contributed by atoms with E-state index >= 15 is 0 Å². The van der Waals surface area contributed by atoms with E-state index in [2.05, 4.69) is 29.2 Å². The van der Waals surface area contributed by atoms with Gasteiger partial charge < -0.3 is 4.74 Å². The number of aryl methyl sites for hydroxylation is 1. The highest BCUT2D eigenvalue weighted by Crippen LogP contribution is 2.33. The van der Waals surface area contributed by atoms with Crippen LogP contribution in [0.25, 0.3) is 21.7 Å². The van der Waals surface area contributed by atoms with Gasteiger partial charge in [0.15, 0.2) is 0 Å². The van der Waals surface area contributed by atoms with Crippen LogP contribution in [0.15, 0.2) is 48.5 Å². The van der Waals surface area contributed by atoms with Crippen LogP contribution in [0.3, 0.4) is 0 Å². The molecule has 4 rings (SSSR count). The van der Waals surface area contributed by atoms with Gasteiger partial charge in [-0.25, -0.2) is 9.78 Å². The van der Waals surface area contributed by atoms with Crippen molar-refractivity contribution < 1.29 is 22.7 Å². The fourth-order valence-corrected chi connectivity index (χ4v) is 3.59. The average molecular weight is 405 g/mol. The Morgan fingerprint density at radius 2 is 1.50 bits per heavy atom. The predicted octanol–water partition coefficient (Wildman–Crippen LogP) is 6.24. The van der Waals surface area contributed by atoms with Crippen LogP contribution in [0.1, 0.15) is 34.8 Å². The Balaban J connectivity index is 0.000000311. The van der Waals surface area contributed by atoms with Gasteiger partial charge >= 0.3 is 12.1 Å². The zero-order valence-corrected chi connectivity index (χ0v) is 16.2. The lowest BCUT2D eigenvalue weighted by Gasteiger charge is -2.10. The van der Waals surface area contributed by atoms with Crippen LogP contribution in [0.4, 0.5) is 13.2 Å². The Morgan fingerprint density at radius 1 is 0.964 bits per heavy atom. The highest BCUT2D eigenvalue weighted by Gasteiger charge is 2.30. The van der Waals surface area contributed by atoms with E-state index in [9.17, 15) is 18.0 Å². The Bertz CT molecular complexity index is 940. The number of fused-ring (bicyclic) bond motifs is 1. The van der Waals surface area contributed by atoms with Gasteiger partial charge in [0.25, 0.3) is 0 Å². The number of rotatable bonds is 4. The monoisotopic (exact) mass is 405 g/mol. The van der Waals surface area contributed by atoms with Crippen molar-refractivity contribution in [2.45, 2.75) is 26.4 Å². The molecule has 3 nitrogen and oxygen atoms in total. The van der Waals surface area contributed by atoms with Crippen molar-refractivity contribution in [3.05, 3.63) is 64.7 Å². The fourth-order valence-electron chi connectivity index (χ4n) is 2.54. The molecule has 28 heavy (non-hydrogen) atoms. The molecule has 0 N–H and O–H groups in total. The Kier molecular flexibility index (Phi) is 5.84. The quantitative estimate of drug-likeness (QED) is 0.378. The molecule has 0 spiro atoms. The van der Waals surface area contributed by atoms with Crippen molar-refractivity contribution in [2.75, 3.05) is 6.61 Å². The van der Waals surface area contributed by atoms with E-state index in [4.69, 9.17) is 4.74 Å². The lowest BCUT2D eigenvalue weighted by atomic mass is 9.95. The van der Waals surface area contributed by atoms with Gasteiger partial charge in [0, 0.05) is 5.56 Å². The molecule has 1 heterocycles. The van der Waals surface area contributed by atoms with Crippen molar-refractivity contribution in [3.63, 3.8) is 0 Å². The summed E-state index contributed by atoms with van der Waals surface area (Å²) in [5.41, 5.74) is 3.28. The maximum absolute atomic E-state index is 12.6. The molecule has 2 aliphatic rings. The molecule has 0 aliphatic heterocycles. The smallest absolute Gasteiger partial charge is 0.416 e. The van der Waals surface area contributed by atoms with Crippen LogP contribution in [0.5, 0.6) is 0 Å². The molecule has 2 aliphatic carbocycles. The number of esters is 1. The summed E-state index contributed by atoms with van der Waals surface area (Å²) in [7, 11) is 0. The highest BCUT2D eigenvalue weighted by atomic mass is 32.1. The molecule has 146 valence electrons. The maximum atomic E-state index is 12.6. The van der Waals surface area contributed by atoms with Gasteiger partial charge in [0.2, 0.25) is 0 Å². The summed E-state index contributed by atoms with van der Waals surface area (Å²) in [4.78, 5) is 16.6. The summed E-state index contributed by atoms with van der Waals surface area (Å²) in [6.07, 6.45) is -3.82. The maximum Gasteiger partial charge on any atom is 0.416 e. The first-order chi connectivity index (χ1) is 13.3. The van der Waals surface area contributed by atoms with E-state index in [1.54, 1.807) is 6.92 Å². The summed E-state index contributed by atoms with van der Waals surface area (Å²) in [6, 6.07) is 13.2. The Morgan fingerprint density at radius 3 is 1.89 bits per heavy atom. The Labute approximate surface area is 164 Å². The van der Waals surface area contributed by atoms with Crippen LogP contribution in [0.2, 0.25) is 0 Å². The number of carbonyl (C=O) groups is 1. The number of hydrogen-bond acceptors (Lipinski definition) is 4. The molecule has 0 amide bonds. The third-order valence-electron chi connectivity index (χ3n) is 4.17. The molecule has 0 fully saturated rings. The predicted molar refractivity (Wildman–Crippen MR) is 103 cm³/mol. The minimum atomic E-state index is -4.37. The van der Waals surface area contributed by atoms with E-state index in [0.29, 0.717) is 27.6 Å². The molecule has 0 saturated carbocycles. The molecule has 0 unspecified atom stereocenters. The molecule has 7 heteroatoms. The first-order valence-electron chi connectivity index (χ1n) is 8.78. The number of aromatic nitrogens is 1. The number of carbonyl (C=O) groups excluding carboxylic acids is 1. The number of halogens is 3. The van der Waals surface area contributed by atoms with E-state index in [0.717, 1.165) is 23.5 Å². The second kappa shape index (κ2) is 8.14. The molecular weight excluding hydrogens is 387 g/mol. The SMILES string of the molecule is CCOC(=O)c1sc(-c2ccc(C(F)(F)F)cc2)nc1CC.c1cc2ccc1-2. The molecule has 1 aromatic heterocycles. The minimum Gasteiger partial charge on any atom is -0.462 e. The van der Waals surface area contributed by atoms with E-state index in [1.807, 2.05) is 6.92 Å². The van der Waals surface area contributed by atoms with Gasteiger partial charge in [0.1, 0.15) is 9.88 Å². The van der Waals surface area contributed by atoms with Crippen LogP contribution >= 0.6 is 11.3 Å². The second-order valence-corrected chi connectivity index (χ2v) is 7.02. The molecule has 1 aromatic carbocycles. The lowest BCUT2D eigenvalue weighted by Crippen LogP contribution is -2.05. The van der Waals surface area contributed by atoms with Gasteiger partial charge in [0.05, 0.1) is 17.9 Å². The molecule has 0 saturated heterocycles. The number of nitrogens with zero attached hydrogens (tertiary/aromatic N) is 1. The fraction of sp³-hybridized carbons (Fsp3) is 0.238. The van der Waals surface area contributed by atoms with Crippen molar-refractivity contribution in [1.29, 1.82) is 0 Å². The van der Waals surface area contributed by atoms with Crippen molar-refractivity contribution in [3.8, 4) is 21.7 Å². The number of ether oxygens (including phenoxy) is 1. The number of thiazole rings is 1. The molecule has 0 radical (unpaired) electrons. The molecule has 0 bridgehead atoms. The van der Waals surface area contributed by atoms with Gasteiger partial charge in [-0.2, -0.15) is 13.2 Å². The van der Waals surface area contributed by atoms with Crippen molar-refractivity contribution in [2.24, 2.45) is 0 Å². The van der Waals surface area contributed by atoms with Gasteiger partial charge in [-0.3, -0.25) is 0 Å². The van der Waals surface area contributed by atoms with Crippen molar-refractivity contribution in [1.82, 2.24) is 4.98 Å². The summed E-state index contributed by atoms with van der Waals surface area (Å²) in [5, 5.41) is 0.508.